The van der Waals surface area contributed by atoms with Crippen molar-refractivity contribution in [3.8, 4) is 0 Å². The standard InChI is InChI=1S/C16H25NO2/c1-12-5-4-9-16(2,3)14(12)6-7-15(19)17-10-8-13(18)11-17/h6-7,13,18H,4-5,8-11H2,1-3H3/b7-6+. The summed E-state index contributed by atoms with van der Waals surface area (Å²) in [5.74, 6) is 0.0261. The second-order valence-corrected chi connectivity index (χ2v) is 6.49. The number of aliphatic hydroxyl groups excluding tert-OH is 1. The maximum absolute atomic E-state index is 12.1. The highest BCUT2D eigenvalue weighted by Crippen LogP contribution is 2.40. The van der Waals surface area contributed by atoms with Crippen molar-refractivity contribution in [1.29, 1.82) is 0 Å². The van der Waals surface area contributed by atoms with E-state index in [1.165, 1.54) is 24.0 Å². The Bertz CT molecular complexity index is 420. The third-order valence-electron chi connectivity index (χ3n) is 4.41. The molecule has 0 saturated carbocycles. The average molecular weight is 263 g/mol. The van der Waals surface area contributed by atoms with E-state index < -0.39 is 0 Å². The number of amides is 1. The van der Waals surface area contributed by atoms with Gasteiger partial charge < -0.3 is 10.0 Å². The molecule has 0 spiro atoms. The van der Waals surface area contributed by atoms with Gasteiger partial charge in [0.1, 0.15) is 0 Å². The van der Waals surface area contributed by atoms with Crippen molar-refractivity contribution in [2.75, 3.05) is 13.1 Å². The largest absolute Gasteiger partial charge is 0.391 e. The number of β-amino-alcohol motifs (C(OH)–C–C–N with tert-alkyl or cyclic N) is 1. The Kier molecular flexibility index (Phi) is 4.14. The highest BCUT2D eigenvalue weighted by molar-refractivity contribution is 5.88. The maximum atomic E-state index is 12.1. The normalized spacial score (nSPS) is 27.4. The second kappa shape index (κ2) is 5.49. The van der Waals surface area contributed by atoms with E-state index in [4.69, 9.17) is 0 Å². The summed E-state index contributed by atoms with van der Waals surface area (Å²) >= 11 is 0. The lowest BCUT2D eigenvalue weighted by molar-refractivity contribution is -0.125. The number of aliphatic hydroxyl groups is 1. The van der Waals surface area contributed by atoms with Crippen LogP contribution in [0.4, 0.5) is 0 Å². The lowest BCUT2D eigenvalue weighted by Crippen LogP contribution is -2.28. The Morgan fingerprint density at radius 3 is 2.79 bits per heavy atom. The van der Waals surface area contributed by atoms with Crippen LogP contribution in [0.25, 0.3) is 0 Å². The number of likely N-dealkylation sites (tertiary alicyclic amines) is 1. The SMILES string of the molecule is CC1=C(/C=C/C(=O)N2CCC(O)C2)C(C)(C)CCC1. The Morgan fingerprint density at radius 1 is 1.47 bits per heavy atom. The van der Waals surface area contributed by atoms with Crippen LogP contribution in [0, 0.1) is 5.41 Å². The molecule has 2 aliphatic rings. The summed E-state index contributed by atoms with van der Waals surface area (Å²) in [6.07, 6.45) is 7.60. The molecule has 1 aliphatic heterocycles. The molecule has 1 aliphatic carbocycles. The fourth-order valence-electron chi connectivity index (χ4n) is 3.21. The van der Waals surface area contributed by atoms with Crippen LogP contribution in [0.15, 0.2) is 23.3 Å². The molecule has 0 aromatic rings. The smallest absolute Gasteiger partial charge is 0.246 e. The topological polar surface area (TPSA) is 40.5 Å². The quantitative estimate of drug-likeness (QED) is 0.778. The number of rotatable bonds is 2. The fraction of sp³-hybridized carbons (Fsp3) is 0.688. The minimum atomic E-state index is -0.343. The molecule has 1 amide bonds. The fourth-order valence-corrected chi connectivity index (χ4v) is 3.21. The predicted molar refractivity (Wildman–Crippen MR) is 76.7 cm³/mol. The Morgan fingerprint density at radius 2 is 2.21 bits per heavy atom. The Balaban J connectivity index is 2.07. The molecule has 1 N–H and O–H groups in total. The van der Waals surface area contributed by atoms with E-state index >= 15 is 0 Å². The van der Waals surface area contributed by atoms with Gasteiger partial charge in [0.2, 0.25) is 5.91 Å². The summed E-state index contributed by atoms with van der Waals surface area (Å²) < 4.78 is 0. The predicted octanol–water partition coefficient (Wildman–Crippen LogP) is 2.66. The van der Waals surface area contributed by atoms with Gasteiger partial charge in [0.05, 0.1) is 6.10 Å². The van der Waals surface area contributed by atoms with Gasteiger partial charge in [-0.2, -0.15) is 0 Å². The lowest BCUT2D eigenvalue weighted by atomic mass is 9.72. The van der Waals surface area contributed by atoms with Crippen molar-refractivity contribution in [1.82, 2.24) is 4.90 Å². The number of hydrogen-bond acceptors (Lipinski definition) is 2. The van der Waals surface area contributed by atoms with Crippen LogP contribution in [-0.2, 0) is 4.79 Å². The van der Waals surface area contributed by atoms with Gasteiger partial charge in [0.15, 0.2) is 0 Å². The molecule has 106 valence electrons. The molecule has 0 aromatic heterocycles. The van der Waals surface area contributed by atoms with Crippen LogP contribution in [0.1, 0.15) is 46.5 Å². The van der Waals surface area contributed by atoms with E-state index in [0.29, 0.717) is 19.5 Å². The first-order valence-corrected chi connectivity index (χ1v) is 7.25. The summed E-state index contributed by atoms with van der Waals surface area (Å²) in [5.41, 5.74) is 2.89. The van der Waals surface area contributed by atoms with Gasteiger partial charge >= 0.3 is 0 Å². The molecule has 0 aromatic carbocycles. The summed E-state index contributed by atoms with van der Waals surface area (Å²) in [4.78, 5) is 13.8. The van der Waals surface area contributed by atoms with Crippen molar-refractivity contribution in [3.63, 3.8) is 0 Å². The third-order valence-corrected chi connectivity index (χ3v) is 4.41. The molecular weight excluding hydrogens is 238 g/mol. The lowest BCUT2D eigenvalue weighted by Gasteiger charge is -2.32. The van der Waals surface area contributed by atoms with E-state index in [1.54, 1.807) is 11.0 Å². The van der Waals surface area contributed by atoms with Gasteiger partial charge in [-0.25, -0.2) is 0 Å². The highest BCUT2D eigenvalue weighted by Gasteiger charge is 2.27. The zero-order chi connectivity index (χ0) is 14.0. The number of carbonyl (C=O) groups is 1. The number of allylic oxidation sites excluding steroid dienone is 3. The van der Waals surface area contributed by atoms with Gasteiger partial charge in [-0.1, -0.05) is 25.5 Å². The molecule has 1 heterocycles. The van der Waals surface area contributed by atoms with E-state index in [1.807, 2.05) is 6.08 Å². The van der Waals surface area contributed by atoms with E-state index in [9.17, 15) is 9.90 Å². The van der Waals surface area contributed by atoms with Crippen molar-refractivity contribution in [2.24, 2.45) is 5.41 Å². The molecular formula is C16H25NO2. The van der Waals surface area contributed by atoms with Crippen LogP contribution in [0.2, 0.25) is 0 Å². The summed E-state index contributed by atoms with van der Waals surface area (Å²) in [7, 11) is 0. The Hall–Kier alpha value is -1.09. The van der Waals surface area contributed by atoms with Gasteiger partial charge in [0, 0.05) is 19.2 Å². The van der Waals surface area contributed by atoms with Gasteiger partial charge in [-0.05, 0) is 43.6 Å². The number of carbonyl (C=O) groups excluding carboxylic acids is 1. The minimum absolute atomic E-state index is 0.0261. The van der Waals surface area contributed by atoms with Crippen LogP contribution in [0.5, 0.6) is 0 Å². The number of hydrogen-bond donors (Lipinski definition) is 1. The van der Waals surface area contributed by atoms with Crippen LogP contribution in [-0.4, -0.2) is 35.1 Å². The molecule has 1 saturated heterocycles. The van der Waals surface area contributed by atoms with Crippen LogP contribution in [0.3, 0.4) is 0 Å². The van der Waals surface area contributed by atoms with Crippen molar-refractivity contribution < 1.29 is 9.90 Å². The van der Waals surface area contributed by atoms with Gasteiger partial charge in [-0.3, -0.25) is 4.79 Å². The Labute approximate surface area is 116 Å². The van der Waals surface area contributed by atoms with Gasteiger partial charge in [-0.15, -0.1) is 0 Å². The summed E-state index contributed by atoms with van der Waals surface area (Å²) in [6.45, 7) is 7.82. The molecule has 2 rings (SSSR count). The van der Waals surface area contributed by atoms with Crippen molar-refractivity contribution >= 4 is 5.91 Å². The van der Waals surface area contributed by atoms with E-state index in [2.05, 4.69) is 20.8 Å². The first kappa shape index (κ1) is 14.3. The van der Waals surface area contributed by atoms with Crippen LogP contribution >= 0.6 is 0 Å². The molecule has 0 bridgehead atoms. The van der Waals surface area contributed by atoms with Crippen LogP contribution < -0.4 is 0 Å². The monoisotopic (exact) mass is 263 g/mol. The first-order valence-electron chi connectivity index (χ1n) is 7.25. The summed E-state index contributed by atoms with van der Waals surface area (Å²) in [6, 6.07) is 0. The summed E-state index contributed by atoms with van der Waals surface area (Å²) in [5, 5.41) is 9.46. The zero-order valence-corrected chi connectivity index (χ0v) is 12.3. The molecule has 19 heavy (non-hydrogen) atoms. The number of nitrogens with zero attached hydrogens (tertiary/aromatic N) is 1. The van der Waals surface area contributed by atoms with Crippen molar-refractivity contribution in [2.45, 2.75) is 52.6 Å². The van der Waals surface area contributed by atoms with Gasteiger partial charge in [0.25, 0.3) is 0 Å². The molecule has 0 radical (unpaired) electrons. The maximum Gasteiger partial charge on any atom is 0.246 e. The van der Waals surface area contributed by atoms with Crippen molar-refractivity contribution in [3.05, 3.63) is 23.3 Å². The van der Waals surface area contributed by atoms with E-state index in [0.717, 1.165) is 6.42 Å². The molecule has 1 unspecified atom stereocenters. The molecule has 3 nitrogen and oxygen atoms in total. The second-order valence-electron chi connectivity index (χ2n) is 6.49. The average Bonchev–Trinajstić information content (AvgIpc) is 2.74. The molecule has 3 heteroatoms. The first-order chi connectivity index (χ1) is 8.90. The zero-order valence-electron chi connectivity index (χ0n) is 12.3. The minimum Gasteiger partial charge on any atom is -0.391 e. The molecule has 1 atom stereocenters. The third kappa shape index (κ3) is 3.27. The molecule has 1 fully saturated rings. The van der Waals surface area contributed by atoms with E-state index in [-0.39, 0.29) is 17.4 Å². The highest BCUT2D eigenvalue weighted by atomic mass is 16.3.